The average molecular weight is 373 g/mol. The molecular formula is C20H21ClN2O3. The molecule has 1 amide bonds. The topological polar surface area (TPSA) is 59.9 Å². The molecule has 0 aromatic heterocycles. The minimum absolute atomic E-state index is 0.276. The van der Waals surface area contributed by atoms with Crippen molar-refractivity contribution in [2.75, 3.05) is 13.2 Å². The SMILES string of the molecule is C=CCOc1c(Cl)cc(/C=N/NC(=O)c2ccccc2C)cc1OCC. The number of hydrogen-bond donors (Lipinski definition) is 1. The van der Waals surface area contributed by atoms with Crippen LogP contribution in [0.1, 0.15) is 28.4 Å². The highest BCUT2D eigenvalue weighted by atomic mass is 35.5. The van der Waals surface area contributed by atoms with Crippen LogP contribution in [-0.4, -0.2) is 25.3 Å². The van der Waals surface area contributed by atoms with Crippen LogP contribution in [0.15, 0.2) is 54.2 Å². The molecule has 26 heavy (non-hydrogen) atoms. The Labute approximate surface area is 158 Å². The van der Waals surface area contributed by atoms with E-state index in [0.717, 1.165) is 5.56 Å². The van der Waals surface area contributed by atoms with Gasteiger partial charge in [-0.3, -0.25) is 4.79 Å². The van der Waals surface area contributed by atoms with Gasteiger partial charge in [-0.05, 0) is 43.2 Å². The minimum atomic E-state index is -0.276. The van der Waals surface area contributed by atoms with E-state index in [-0.39, 0.29) is 5.91 Å². The third-order valence-electron chi connectivity index (χ3n) is 3.45. The average Bonchev–Trinajstić information content (AvgIpc) is 2.61. The quantitative estimate of drug-likeness (QED) is 0.425. The molecule has 2 aromatic carbocycles. The standard InChI is InChI=1S/C20H21ClN2O3/c1-4-10-26-19-17(21)11-15(12-18(19)25-5-2)13-22-23-20(24)16-9-7-6-8-14(16)3/h4,6-9,11-13H,1,5,10H2,2-3H3,(H,23,24)/b22-13+. The summed E-state index contributed by atoms with van der Waals surface area (Å²) in [5.41, 5.74) is 4.64. The fourth-order valence-electron chi connectivity index (χ4n) is 2.26. The van der Waals surface area contributed by atoms with Gasteiger partial charge in [0.15, 0.2) is 11.5 Å². The zero-order valence-corrected chi connectivity index (χ0v) is 15.5. The number of aryl methyl sites for hydroxylation is 1. The van der Waals surface area contributed by atoms with Gasteiger partial charge in [0.1, 0.15) is 6.61 Å². The molecule has 136 valence electrons. The molecule has 0 aliphatic carbocycles. The van der Waals surface area contributed by atoms with Crippen LogP contribution in [0.4, 0.5) is 0 Å². The zero-order valence-electron chi connectivity index (χ0n) is 14.8. The van der Waals surface area contributed by atoms with Gasteiger partial charge in [0.2, 0.25) is 0 Å². The number of nitrogens with one attached hydrogen (secondary N) is 1. The summed E-state index contributed by atoms with van der Waals surface area (Å²) < 4.78 is 11.1. The lowest BCUT2D eigenvalue weighted by Crippen LogP contribution is -2.18. The zero-order chi connectivity index (χ0) is 18.9. The van der Waals surface area contributed by atoms with Crippen molar-refractivity contribution < 1.29 is 14.3 Å². The maximum atomic E-state index is 12.2. The molecule has 0 aliphatic rings. The number of rotatable bonds is 8. The highest BCUT2D eigenvalue weighted by molar-refractivity contribution is 6.32. The van der Waals surface area contributed by atoms with E-state index in [9.17, 15) is 4.79 Å². The molecule has 2 aromatic rings. The third kappa shape index (κ3) is 5.10. The van der Waals surface area contributed by atoms with Crippen molar-refractivity contribution in [3.05, 3.63) is 70.8 Å². The summed E-state index contributed by atoms with van der Waals surface area (Å²) in [5.74, 6) is 0.685. The van der Waals surface area contributed by atoms with Crippen LogP contribution in [0, 0.1) is 6.92 Å². The number of ether oxygens (including phenoxy) is 2. The Bertz CT molecular complexity index is 819. The Hall–Kier alpha value is -2.79. The first-order chi connectivity index (χ1) is 12.6. The predicted octanol–water partition coefficient (Wildman–Crippen LogP) is 4.38. The van der Waals surface area contributed by atoms with Crippen LogP contribution in [-0.2, 0) is 0 Å². The van der Waals surface area contributed by atoms with Crippen molar-refractivity contribution in [3.8, 4) is 11.5 Å². The first kappa shape index (κ1) is 19.5. The molecule has 0 unspecified atom stereocenters. The normalized spacial score (nSPS) is 10.6. The van der Waals surface area contributed by atoms with Crippen molar-refractivity contribution in [1.29, 1.82) is 0 Å². The van der Waals surface area contributed by atoms with Gasteiger partial charge >= 0.3 is 0 Å². The number of nitrogens with zero attached hydrogens (tertiary/aromatic N) is 1. The second-order valence-corrected chi connectivity index (χ2v) is 5.78. The monoisotopic (exact) mass is 372 g/mol. The maximum Gasteiger partial charge on any atom is 0.271 e. The van der Waals surface area contributed by atoms with Gasteiger partial charge in [0.25, 0.3) is 5.91 Å². The van der Waals surface area contributed by atoms with Gasteiger partial charge < -0.3 is 9.47 Å². The predicted molar refractivity (Wildman–Crippen MR) is 105 cm³/mol. The van der Waals surface area contributed by atoms with Crippen LogP contribution >= 0.6 is 11.6 Å². The van der Waals surface area contributed by atoms with Crippen molar-refractivity contribution in [3.63, 3.8) is 0 Å². The fourth-order valence-corrected chi connectivity index (χ4v) is 2.53. The number of hydrazone groups is 1. The number of hydrogen-bond acceptors (Lipinski definition) is 4. The van der Waals surface area contributed by atoms with Gasteiger partial charge in [0, 0.05) is 5.56 Å². The Kier molecular flexibility index (Phi) is 7.24. The van der Waals surface area contributed by atoms with E-state index in [1.165, 1.54) is 6.21 Å². The first-order valence-corrected chi connectivity index (χ1v) is 8.53. The number of halogens is 1. The van der Waals surface area contributed by atoms with E-state index in [0.29, 0.717) is 40.9 Å². The summed E-state index contributed by atoms with van der Waals surface area (Å²) in [5, 5.41) is 4.39. The molecule has 0 spiro atoms. The third-order valence-corrected chi connectivity index (χ3v) is 3.73. The molecule has 0 saturated carbocycles. The van der Waals surface area contributed by atoms with Gasteiger partial charge in [0.05, 0.1) is 17.8 Å². The summed E-state index contributed by atoms with van der Waals surface area (Å²) >= 11 is 6.28. The Morgan fingerprint density at radius 1 is 1.31 bits per heavy atom. The second-order valence-electron chi connectivity index (χ2n) is 5.38. The van der Waals surface area contributed by atoms with Gasteiger partial charge in [-0.15, -0.1) is 0 Å². The Morgan fingerprint density at radius 2 is 2.08 bits per heavy atom. The van der Waals surface area contributed by atoms with Crippen LogP contribution in [0.2, 0.25) is 5.02 Å². The second kappa shape index (κ2) is 9.63. The van der Waals surface area contributed by atoms with E-state index < -0.39 is 0 Å². The summed E-state index contributed by atoms with van der Waals surface area (Å²) in [6, 6.07) is 10.7. The highest BCUT2D eigenvalue weighted by Gasteiger charge is 2.12. The van der Waals surface area contributed by atoms with E-state index in [1.807, 2.05) is 32.0 Å². The van der Waals surface area contributed by atoms with Gasteiger partial charge in [-0.1, -0.05) is 42.5 Å². The van der Waals surface area contributed by atoms with Gasteiger partial charge in [-0.25, -0.2) is 5.43 Å². The number of amides is 1. The molecule has 0 aliphatic heterocycles. The summed E-state index contributed by atoms with van der Waals surface area (Å²) in [6.45, 7) is 8.14. The minimum Gasteiger partial charge on any atom is -0.490 e. The molecule has 0 bridgehead atoms. The van der Waals surface area contributed by atoms with E-state index >= 15 is 0 Å². The van der Waals surface area contributed by atoms with Crippen molar-refractivity contribution in [2.24, 2.45) is 5.10 Å². The lowest BCUT2D eigenvalue weighted by Gasteiger charge is -2.13. The van der Waals surface area contributed by atoms with Crippen molar-refractivity contribution >= 4 is 23.7 Å². The smallest absolute Gasteiger partial charge is 0.271 e. The fraction of sp³-hybridized carbons (Fsp3) is 0.200. The molecule has 2 rings (SSSR count). The van der Waals surface area contributed by atoms with E-state index in [2.05, 4.69) is 17.1 Å². The van der Waals surface area contributed by atoms with Gasteiger partial charge in [-0.2, -0.15) is 5.10 Å². The van der Waals surface area contributed by atoms with Crippen LogP contribution in [0.3, 0.4) is 0 Å². The Morgan fingerprint density at radius 3 is 2.77 bits per heavy atom. The highest BCUT2D eigenvalue weighted by Crippen LogP contribution is 2.36. The lowest BCUT2D eigenvalue weighted by atomic mass is 10.1. The Balaban J connectivity index is 2.15. The molecule has 0 heterocycles. The number of benzene rings is 2. The number of carbonyl (C=O) groups excluding carboxylic acids is 1. The molecule has 1 N–H and O–H groups in total. The molecule has 0 saturated heterocycles. The van der Waals surface area contributed by atoms with E-state index in [4.69, 9.17) is 21.1 Å². The lowest BCUT2D eigenvalue weighted by molar-refractivity contribution is 0.0954. The van der Waals surface area contributed by atoms with Crippen LogP contribution < -0.4 is 14.9 Å². The van der Waals surface area contributed by atoms with Crippen LogP contribution in [0.5, 0.6) is 11.5 Å². The molecular weight excluding hydrogens is 352 g/mol. The van der Waals surface area contributed by atoms with E-state index in [1.54, 1.807) is 24.3 Å². The molecule has 0 atom stereocenters. The molecule has 6 heteroatoms. The molecule has 5 nitrogen and oxygen atoms in total. The first-order valence-electron chi connectivity index (χ1n) is 8.15. The largest absolute Gasteiger partial charge is 0.490 e. The van der Waals surface area contributed by atoms with Crippen molar-refractivity contribution in [1.82, 2.24) is 5.43 Å². The van der Waals surface area contributed by atoms with Crippen LogP contribution in [0.25, 0.3) is 0 Å². The molecule has 0 radical (unpaired) electrons. The summed E-state index contributed by atoms with van der Waals surface area (Å²) in [4.78, 5) is 12.2. The summed E-state index contributed by atoms with van der Waals surface area (Å²) in [7, 11) is 0. The maximum absolute atomic E-state index is 12.2. The van der Waals surface area contributed by atoms with Crippen molar-refractivity contribution in [2.45, 2.75) is 13.8 Å². The molecule has 0 fully saturated rings. The number of carbonyl (C=O) groups is 1. The summed E-state index contributed by atoms with van der Waals surface area (Å²) in [6.07, 6.45) is 3.13.